The first-order chi connectivity index (χ1) is 12.8. The first-order valence-electron chi connectivity index (χ1n) is 10.3. The summed E-state index contributed by atoms with van der Waals surface area (Å²) in [5.41, 5.74) is 0.311. The summed E-state index contributed by atoms with van der Waals surface area (Å²) >= 11 is 0. The van der Waals surface area contributed by atoms with Gasteiger partial charge in [0.1, 0.15) is 5.76 Å². The first kappa shape index (κ1) is 24.1. The molecule has 1 rings (SSSR count). The Bertz CT molecular complexity index is 494. The van der Waals surface area contributed by atoms with Gasteiger partial charge in [-0.2, -0.15) is 0 Å². The van der Waals surface area contributed by atoms with E-state index in [1.807, 2.05) is 13.8 Å². The van der Waals surface area contributed by atoms with Gasteiger partial charge in [0, 0.05) is 5.92 Å². The normalized spacial score (nSPS) is 24.7. The fraction of sp³-hybridized carbons (Fsp3) is 0.818. The minimum atomic E-state index is -0.954. The molecule has 0 aliphatic heterocycles. The zero-order chi connectivity index (χ0) is 20.4. The Balaban J connectivity index is 2.36. The minimum Gasteiger partial charge on any atom is -0.498 e. The molecular weight excluding hydrogens is 350 g/mol. The largest absolute Gasteiger partial charge is 0.498 e. The summed E-state index contributed by atoms with van der Waals surface area (Å²) in [7, 11) is 1.32. The van der Waals surface area contributed by atoms with Crippen molar-refractivity contribution in [3.8, 4) is 0 Å². The van der Waals surface area contributed by atoms with E-state index in [1.165, 1.54) is 52.6 Å². The highest BCUT2D eigenvalue weighted by Crippen LogP contribution is 2.32. The van der Waals surface area contributed by atoms with E-state index in [4.69, 9.17) is 14.2 Å². The minimum absolute atomic E-state index is 0.0645. The molecule has 1 aliphatic carbocycles. The van der Waals surface area contributed by atoms with Crippen LogP contribution in [0.4, 0.5) is 8.78 Å². The molecule has 3 nitrogen and oxygen atoms in total. The van der Waals surface area contributed by atoms with E-state index in [1.54, 1.807) is 6.92 Å². The van der Waals surface area contributed by atoms with Crippen molar-refractivity contribution >= 4 is 0 Å². The lowest BCUT2D eigenvalue weighted by molar-refractivity contribution is -0.145. The molecule has 2 unspecified atom stereocenters. The molecule has 1 fully saturated rings. The second kappa shape index (κ2) is 12.5. The van der Waals surface area contributed by atoms with Gasteiger partial charge in [0.15, 0.2) is 17.9 Å². The van der Waals surface area contributed by atoms with Crippen LogP contribution >= 0.6 is 0 Å². The Morgan fingerprint density at radius 1 is 0.963 bits per heavy atom. The topological polar surface area (TPSA) is 27.7 Å². The zero-order valence-corrected chi connectivity index (χ0v) is 17.9. The first-order valence-corrected chi connectivity index (χ1v) is 10.3. The number of methoxy groups -OCH3 is 1. The highest BCUT2D eigenvalue weighted by Gasteiger charge is 2.22. The second-order valence-corrected chi connectivity index (χ2v) is 7.88. The maximum absolute atomic E-state index is 14.2. The molecule has 2 atom stereocenters. The highest BCUT2D eigenvalue weighted by atomic mass is 19.2. The average molecular weight is 389 g/mol. The van der Waals surface area contributed by atoms with Gasteiger partial charge < -0.3 is 14.2 Å². The third-order valence-electron chi connectivity index (χ3n) is 5.70. The van der Waals surface area contributed by atoms with E-state index in [9.17, 15) is 8.78 Å². The SMILES string of the molecule is CCCC1CCC(COC(C)OCC(C)/C(C)=C(F)/C(F)=C(\C)OC)CC1. The molecule has 27 heavy (non-hydrogen) atoms. The van der Waals surface area contributed by atoms with Crippen LogP contribution in [0.2, 0.25) is 0 Å². The van der Waals surface area contributed by atoms with Gasteiger partial charge >= 0.3 is 0 Å². The molecule has 0 radical (unpaired) electrons. The van der Waals surface area contributed by atoms with Gasteiger partial charge in [0.05, 0.1) is 20.3 Å². The van der Waals surface area contributed by atoms with Crippen molar-refractivity contribution in [1.82, 2.24) is 0 Å². The molecular formula is C22H38F2O3. The molecule has 0 aromatic rings. The van der Waals surface area contributed by atoms with Gasteiger partial charge in [-0.05, 0) is 51.0 Å². The molecule has 1 saturated carbocycles. The van der Waals surface area contributed by atoms with Crippen molar-refractivity contribution < 1.29 is 23.0 Å². The summed E-state index contributed by atoms with van der Waals surface area (Å²) in [5, 5.41) is 0. The summed E-state index contributed by atoms with van der Waals surface area (Å²) < 4.78 is 44.3. The van der Waals surface area contributed by atoms with Crippen LogP contribution in [0.25, 0.3) is 0 Å². The number of ether oxygens (including phenoxy) is 3. The monoisotopic (exact) mass is 388 g/mol. The van der Waals surface area contributed by atoms with Crippen LogP contribution in [0, 0.1) is 17.8 Å². The van der Waals surface area contributed by atoms with Gasteiger partial charge in [0.25, 0.3) is 0 Å². The average Bonchev–Trinajstić information content (AvgIpc) is 2.69. The Labute approximate surface area is 164 Å². The Morgan fingerprint density at radius 2 is 1.56 bits per heavy atom. The van der Waals surface area contributed by atoms with E-state index in [0.29, 0.717) is 18.1 Å². The van der Waals surface area contributed by atoms with Gasteiger partial charge in [0.2, 0.25) is 0 Å². The zero-order valence-electron chi connectivity index (χ0n) is 17.9. The van der Waals surface area contributed by atoms with E-state index < -0.39 is 11.7 Å². The van der Waals surface area contributed by atoms with Crippen LogP contribution in [0.3, 0.4) is 0 Å². The van der Waals surface area contributed by atoms with Crippen LogP contribution in [0.1, 0.15) is 73.1 Å². The van der Waals surface area contributed by atoms with Gasteiger partial charge in [-0.3, -0.25) is 0 Å². The summed E-state index contributed by atoms with van der Waals surface area (Å²) in [5.74, 6) is -0.646. The van der Waals surface area contributed by atoms with Crippen molar-refractivity contribution in [1.29, 1.82) is 0 Å². The standard InChI is InChI=1S/C22H38F2O3/c1-7-8-19-9-11-20(12-10-19)14-27-18(5)26-13-15(2)16(3)21(23)22(24)17(4)25-6/h15,18-20H,7-14H2,1-6H3/b21-16-,22-17-. The molecule has 0 aromatic heterocycles. The van der Waals surface area contributed by atoms with Crippen molar-refractivity contribution in [3.63, 3.8) is 0 Å². The summed E-state index contributed by atoms with van der Waals surface area (Å²) in [6.45, 7) is 9.89. The number of halogens is 2. The van der Waals surface area contributed by atoms with Crippen LogP contribution in [-0.2, 0) is 14.2 Å². The third-order valence-corrected chi connectivity index (χ3v) is 5.70. The maximum Gasteiger partial charge on any atom is 0.195 e. The molecule has 1 aliphatic rings. The predicted octanol–water partition coefficient (Wildman–Crippen LogP) is 6.70. The molecule has 0 N–H and O–H groups in total. The number of hydrogen-bond donors (Lipinski definition) is 0. The van der Waals surface area contributed by atoms with E-state index in [2.05, 4.69) is 6.92 Å². The van der Waals surface area contributed by atoms with Crippen molar-refractivity contribution in [2.45, 2.75) is 79.4 Å². The fourth-order valence-electron chi connectivity index (χ4n) is 3.45. The van der Waals surface area contributed by atoms with Gasteiger partial charge in [-0.1, -0.05) is 39.5 Å². The van der Waals surface area contributed by atoms with E-state index in [-0.39, 0.29) is 24.6 Å². The molecule has 5 heteroatoms. The van der Waals surface area contributed by atoms with E-state index >= 15 is 0 Å². The van der Waals surface area contributed by atoms with Crippen molar-refractivity contribution in [2.75, 3.05) is 20.3 Å². The summed E-state index contributed by atoms with van der Waals surface area (Å²) in [6, 6.07) is 0. The maximum atomic E-state index is 14.2. The van der Waals surface area contributed by atoms with Crippen LogP contribution in [0.5, 0.6) is 0 Å². The van der Waals surface area contributed by atoms with Crippen LogP contribution in [-0.4, -0.2) is 26.6 Å². The van der Waals surface area contributed by atoms with Crippen molar-refractivity contribution in [2.24, 2.45) is 17.8 Å². The molecule has 0 amide bonds. The lowest BCUT2D eigenvalue weighted by atomic mass is 9.80. The number of allylic oxidation sites excluding steroid dienone is 3. The summed E-state index contributed by atoms with van der Waals surface area (Å²) in [6.07, 6.45) is 7.32. The van der Waals surface area contributed by atoms with Gasteiger partial charge in [-0.15, -0.1) is 0 Å². The molecule has 0 saturated heterocycles. The highest BCUT2D eigenvalue weighted by molar-refractivity contribution is 5.27. The van der Waals surface area contributed by atoms with Crippen LogP contribution < -0.4 is 0 Å². The van der Waals surface area contributed by atoms with E-state index in [0.717, 1.165) is 5.92 Å². The molecule has 0 heterocycles. The Hall–Kier alpha value is -0.940. The molecule has 0 bridgehead atoms. The van der Waals surface area contributed by atoms with Crippen molar-refractivity contribution in [3.05, 3.63) is 23.0 Å². The quantitative estimate of drug-likeness (QED) is 0.224. The number of rotatable bonds is 11. The number of hydrogen-bond acceptors (Lipinski definition) is 3. The lowest BCUT2D eigenvalue weighted by Gasteiger charge is -2.29. The molecule has 0 aromatic carbocycles. The third kappa shape index (κ3) is 8.30. The molecule has 158 valence electrons. The Kier molecular flexibility index (Phi) is 11.2. The molecule has 0 spiro atoms. The Morgan fingerprint density at radius 3 is 2.11 bits per heavy atom. The lowest BCUT2D eigenvalue weighted by Crippen LogP contribution is -2.24. The van der Waals surface area contributed by atoms with Crippen LogP contribution in [0.15, 0.2) is 23.0 Å². The summed E-state index contributed by atoms with van der Waals surface area (Å²) in [4.78, 5) is 0. The smallest absolute Gasteiger partial charge is 0.195 e. The fourth-order valence-corrected chi connectivity index (χ4v) is 3.45. The van der Waals surface area contributed by atoms with Gasteiger partial charge in [-0.25, -0.2) is 8.78 Å². The second-order valence-electron chi connectivity index (χ2n) is 7.88. The predicted molar refractivity (Wildman–Crippen MR) is 106 cm³/mol.